The second-order valence-electron chi connectivity index (χ2n) is 3.98. The van der Waals surface area contributed by atoms with Crippen molar-refractivity contribution < 1.29 is 9.13 Å². The van der Waals surface area contributed by atoms with Crippen LogP contribution in [0.1, 0.15) is 25.0 Å². The molecule has 16 heavy (non-hydrogen) atoms. The van der Waals surface area contributed by atoms with Gasteiger partial charge in [-0.2, -0.15) is 0 Å². The van der Waals surface area contributed by atoms with E-state index >= 15 is 0 Å². The van der Waals surface area contributed by atoms with Gasteiger partial charge in [0.05, 0.1) is 12.2 Å². The van der Waals surface area contributed by atoms with E-state index in [-0.39, 0.29) is 18.0 Å². The van der Waals surface area contributed by atoms with Crippen LogP contribution in [0.3, 0.4) is 0 Å². The summed E-state index contributed by atoms with van der Waals surface area (Å²) in [5, 5.41) is 3.27. The zero-order valence-corrected chi connectivity index (χ0v) is 10.8. The van der Waals surface area contributed by atoms with Gasteiger partial charge in [-0.1, -0.05) is 28.9 Å². The second kappa shape index (κ2) is 5.25. The van der Waals surface area contributed by atoms with Crippen LogP contribution in [0.5, 0.6) is 0 Å². The van der Waals surface area contributed by atoms with Gasteiger partial charge in [0.1, 0.15) is 5.82 Å². The van der Waals surface area contributed by atoms with Crippen molar-refractivity contribution in [1.82, 2.24) is 5.32 Å². The molecule has 2 rings (SSSR count). The van der Waals surface area contributed by atoms with Crippen molar-refractivity contribution in [3.63, 3.8) is 0 Å². The van der Waals surface area contributed by atoms with Gasteiger partial charge in [0, 0.05) is 23.1 Å². The summed E-state index contributed by atoms with van der Waals surface area (Å²) in [6.45, 7) is 3.60. The standard InChI is InChI=1S/C12H15BrFNO/c1-2-9-6-15-7-12(16-9)10-4-3-8(13)5-11(10)14/h3-5,9,12,15H,2,6-7H2,1H3. The molecule has 1 aliphatic rings. The predicted molar refractivity (Wildman–Crippen MR) is 64.9 cm³/mol. The average Bonchev–Trinajstić information content (AvgIpc) is 2.29. The van der Waals surface area contributed by atoms with Crippen molar-refractivity contribution in [2.75, 3.05) is 13.1 Å². The molecule has 0 aromatic heterocycles. The molecule has 2 unspecified atom stereocenters. The number of hydrogen-bond acceptors (Lipinski definition) is 2. The minimum absolute atomic E-state index is 0.174. The number of benzene rings is 1. The number of morpholine rings is 1. The Morgan fingerprint density at radius 2 is 2.31 bits per heavy atom. The van der Waals surface area contributed by atoms with Gasteiger partial charge < -0.3 is 10.1 Å². The first-order valence-electron chi connectivity index (χ1n) is 5.52. The minimum atomic E-state index is -0.210. The van der Waals surface area contributed by atoms with Crippen LogP contribution in [0.15, 0.2) is 22.7 Å². The zero-order valence-electron chi connectivity index (χ0n) is 9.17. The lowest BCUT2D eigenvalue weighted by Gasteiger charge is -2.30. The molecular formula is C12H15BrFNO. The van der Waals surface area contributed by atoms with Gasteiger partial charge in [0.25, 0.3) is 0 Å². The molecule has 0 bridgehead atoms. The molecule has 1 fully saturated rings. The molecule has 4 heteroatoms. The van der Waals surface area contributed by atoms with Crippen LogP contribution in [-0.2, 0) is 4.74 Å². The number of rotatable bonds is 2. The Kier molecular flexibility index (Phi) is 3.95. The Bertz CT molecular complexity index is 372. The van der Waals surface area contributed by atoms with Crippen LogP contribution in [0.2, 0.25) is 0 Å². The maximum absolute atomic E-state index is 13.7. The van der Waals surface area contributed by atoms with Gasteiger partial charge in [-0.05, 0) is 18.6 Å². The maximum atomic E-state index is 13.7. The first-order chi connectivity index (χ1) is 7.70. The molecule has 0 amide bonds. The van der Waals surface area contributed by atoms with Crippen LogP contribution in [0.4, 0.5) is 4.39 Å². The molecule has 1 N–H and O–H groups in total. The third-order valence-corrected chi connectivity index (χ3v) is 3.32. The average molecular weight is 288 g/mol. The van der Waals surface area contributed by atoms with E-state index in [9.17, 15) is 4.39 Å². The Balaban J connectivity index is 2.16. The van der Waals surface area contributed by atoms with E-state index in [0.29, 0.717) is 12.1 Å². The van der Waals surface area contributed by atoms with Gasteiger partial charge in [-0.15, -0.1) is 0 Å². The summed E-state index contributed by atoms with van der Waals surface area (Å²) in [5.41, 5.74) is 0.633. The van der Waals surface area contributed by atoms with Crippen molar-refractivity contribution in [2.24, 2.45) is 0 Å². The second-order valence-corrected chi connectivity index (χ2v) is 4.89. The number of nitrogens with one attached hydrogen (secondary N) is 1. The quantitative estimate of drug-likeness (QED) is 0.903. The van der Waals surface area contributed by atoms with E-state index in [1.807, 2.05) is 6.07 Å². The first-order valence-corrected chi connectivity index (χ1v) is 6.31. The molecule has 88 valence electrons. The Morgan fingerprint density at radius 1 is 1.50 bits per heavy atom. The SMILES string of the molecule is CCC1CNCC(c2ccc(Br)cc2F)O1. The van der Waals surface area contributed by atoms with E-state index in [1.165, 1.54) is 6.07 Å². The van der Waals surface area contributed by atoms with E-state index < -0.39 is 0 Å². The van der Waals surface area contributed by atoms with E-state index in [0.717, 1.165) is 17.4 Å². The number of halogens is 2. The number of hydrogen-bond donors (Lipinski definition) is 1. The van der Waals surface area contributed by atoms with Gasteiger partial charge in [0.2, 0.25) is 0 Å². The molecule has 0 saturated carbocycles. The molecule has 0 spiro atoms. The van der Waals surface area contributed by atoms with E-state index in [1.54, 1.807) is 6.07 Å². The molecule has 0 radical (unpaired) electrons. The fourth-order valence-electron chi connectivity index (χ4n) is 1.89. The predicted octanol–water partition coefficient (Wildman–Crippen LogP) is 3.03. The highest BCUT2D eigenvalue weighted by molar-refractivity contribution is 9.10. The summed E-state index contributed by atoms with van der Waals surface area (Å²) in [6, 6.07) is 5.11. The molecule has 2 atom stereocenters. The Morgan fingerprint density at radius 3 is 3.00 bits per heavy atom. The summed E-state index contributed by atoms with van der Waals surface area (Å²) >= 11 is 3.25. The van der Waals surface area contributed by atoms with E-state index in [4.69, 9.17) is 4.74 Å². The van der Waals surface area contributed by atoms with Crippen molar-refractivity contribution in [3.8, 4) is 0 Å². The van der Waals surface area contributed by atoms with Crippen LogP contribution < -0.4 is 5.32 Å². The largest absolute Gasteiger partial charge is 0.368 e. The molecule has 1 aromatic carbocycles. The third-order valence-electron chi connectivity index (χ3n) is 2.82. The van der Waals surface area contributed by atoms with Crippen molar-refractivity contribution in [3.05, 3.63) is 34.1 Å². The topological polar surface area (TPSA) is 21.3 Å². The van der Waals surface area contributed by atoms with Gasteiger partial charge in [-0.25, -0.2) is 4.39 Å². The summed E-state index contributed by atoms with van der Waals surface area (Å²) in [6.07, 6.45) is 0.954. The number of ether oxygens (including phenoxy) is 1. The third kappa shape index (κ3) is 2.62. The first kappa shape index (κ1) is 12.0. The highest BCUT2D eigenvalue weighted by Gasteiger charge is 2.24. The minimum Gasteiger partial charge on any atom is -0.368 e. The lowest BCUT2D eigenvalue weighted by molar-refractivity contribution is -0.0414. The fourth-order valence-corrected chi connectivity index (χ4v) is 2.22. The van der Waals surface area contributed by atoms with Crippen LogP contribution in [0, 0.1) is 5.82 Å². The highest BCUT2D eigenvalue weighted by atomic mass is 79.9. The zero-order chi connectivity index (χ0) is 11.5. The van der Waals surface area contributed by atoms with Gasteiger partial charge in [0.15, 0.2) is 0 Å². The maximum Gasteiger partial charge on any atom is 0.130 e. The summed E-state index contributed by atoms with van der Waals surface area (Å²) < 4.78 is 20.3. The van der Waals surface area contributed by atoms with Gasteiger partial charge >= 0.3 is 0 Å². The Labute approximate surface area is 103 Å². The summed E-state index contributed by atoms with van der Waals surface area (Å²) in [4.78, 5) is 0. The lowest BCUT2D eigenvalue weighted by Crippen LogP contribution is -2.40. The van der Waals surface area contributed by atoms with Crippen molar-refractivity contribution in [2.45, 2.75) is 25.6 Å². The lowest BCUT2D eigenvalue weighted by atomic mass is 10.1. The normalized spacial score (nSPS) is 25.7. The molecule has 1 saturated heterocycles. The molecule has 0 aliphatic carbocycles. The van der Waals surface area contributed by atoms with E-state index in [2.05, 4.69) is 28.2 Å². The summed E-state index contributed by atoms with van der Waals surface area (Å²) in [7, 11) is 0. The van der Waals surface area contributed by atoms with Crippen LogP contribution in [-0.4, -0.2) is 19.2 Å². The molecule has 1 heterocycles. The van der Waals surface area contributed by atoms with Crippen molar-refractivity contribution in [1.29, 1.82) is 0 Å². The fraction of sp³-hybridized carbons (Fsp3) is 0.500. The highest BCUT2D eigenvalue weighted by Crippen LogP contribution is 2.26. The van der Waals surface area contributed by atoms with Crippen LogP contribution in [0.25, 0.3) is 0 Å². The monoisotopic (exact) mass is 287 g/mol. The van der Waals surface area contributed by atoms with Crippen LogP contribution >= 0.6 is 15.9 Å². The molecule has 1 aliphatic heterocycles. The van der Waals surface area contributed by atoms with Gasteiger partial charge in [-0.3, -0.25) is 0 Å². The molecule has 1 aromatic rings. The molecular weight excluding hydrogens is 273 g/mol. The Hall–Kier alpha value is -0.450. The summed E-state index contributed by atoms with van der Waals surface area (Å²) in [5.74, 6) is -0.210. The smallest absolute Gasteiger partial charge is 0.130 e. The van der Waals surface area contributed by atoms with Crippen molar-refractivity contribution >= 4 is 15.9 Å². The molecule has 2 nitrogen and oxygen atoms in total.